The van der Waals surface area contributed by atoms with Crippen LogP contribution in [0.15, 0.2) is 46.9 Å². The van der Waals surface area contributed by atoms with Crippen LogP contribution in [0.25, 0.3) is 11.0 Å². The number of rotatable bonds is 6. The Morgan fingerprint density at radius 2 is 1.85 bits per heavy atom. The molecule has 138 valence electrons. The predicted octanol–water partition coefficient (Wildman–Crippen LogP) is 2.37. The van der Waals surface area contributed by atoms with Crippen LogP contribution in [0, 0.1) is 0 Å². The summed E-state index contributed by atoms with van der Waals surface area (Å²) in [6.45, 7) is -0.811. The van der Waals surface area contributed by atoms with Gasteiger partial charge in [-0.15, -0.1) is 0 Å². The molecule has 3 aromatic rings. The summed E-state index contributed by atoms with van der Waals surface area (Å²) >= 11 is 4.32. The van der Waals surface area contributed by atoms with Crippen molar-refractivity contribution in [3.05, 3.63) is 52.5 Å². The molecule has 0 radical (unpaired) electrons. The van der Waals surface area contributed by atoms with E-state index < -0.39 is 24.4 Å². The van der Waals surface area contributed by atoms with Crippen LogP contribution in [0.1, 0.15) is 10.4 Å². The minimum absolute atomic E-state index is 0.340. The van der Waals surface area contributed by atoms with Gasteiger partial charge in [-0.2, -0.15) is 8.75 Å². The van der Waals surface area contributed by atoms with Gasteiger partial charge in [0.2, 0.25) is 0 Å². The van der Waals surface area contributed by atoms with Crippen LogP contribution in [0.5, 0.6) is 0 Å². The minimum Gasteiger partial charge on any atom is -0.454 e. The molecule has 0 saturated carbocycles. The maximum atomic E-state index is 11.9. The van der Waals surface area contributed by atoms with Crippen molar-refractivity contribution >= 4 is 62.2 Å². The molecule has 0 bridgehead atoms. The van der Waals surface area contributed by atoms with Crippen LogP contribution in [-0.4, -0.2) is 39.7 Å². The van der Waals surface area contributed by atoms with Crippen LogP contribution in [0.4, 0.5) is 5.69 Å². The van der Waals surface area contributed by atoms with Crippen molar-refractivity contribution in [3.8, 4) is 0 Å². The Morgan fingerprint density at radius 3 is 2.63 bits per heavy atom. The number of amides is 2. The average molecular weight is 449 g/mol. The molecule has 27 heavy (non-hydrogen) atoms. The maximum Gasteiger partial charge on any atom is 0.325 e. The van der Waals surface area contributed by atoms with Gasteiger partial charge in [-0.1, -0.05) is 22.0 Å². The molecule has 0 aliphatic rings. The van der Waals surface area contributed by atoms with Gasteiger partial charge in [0, 0.05) is 10.0 Å². The third kappa shape index (κ3) is 5.08. The molecule has 2 amide bonds. The molecule has 0 aliphatic carbocycles. The van der Waals surface area contributed by atoms with E-state index in [0.717, 1.165) is 16.2 Å². The zero-order valence-electron chi connectivity index (χ0n) is 13.8. The normalized spacial score (nSPS) is 10.4. The Morgan fingerprint density at radius 1 is 1.07 bits per heavy atom. The highest BCUT2D eigenvalue weighted by Gasteiger charge is 2.12. The first kappa shape index (κ1) is 18.9. The first-order valence-corrected chi connectivity index (χ1v) is 9.26. The third-order valence-corrected chi connectivity index (χ3v) is 4.50. The number of anilines is 1. The highest BCUT2D eigenvalue weighted by Crippen LogP contribution is 2.20. The molecule has 10 heteroatoms. The summed E-state index contributed by atoms with van der Waals surface area (Å²) in [6.07, 6.45) is 0. The molecule has 1 aromatic heterocycles. The lowest BCUT2D eigenvalue weighted by molar-refractivity contribution is -0.146. The molecule has 0 unspecified atom stereocenters. The standard InChI is InChI=1S/C17H13BrN4O4S/c18-11-6-4-10(5-7-11)17(25)19-8-15(24)26-9-14(23)20-12-2-1-3-13-16(12)22-27-21-13/h1-7H,8-9H2,(H,19,25)(H,20,23). The van der Waals surface area contributed by atoms with Crippen LogP contribution in [0.3, 0.4) is 0 Å². The number of aromatic nitrogens is 2. The van der Waals surface area contributed by atoms with Gasteiger partial charge in [0.05, 0.1) is 17.4 Å². The molecule has 0 aliphatic heterocycles. The van der Waals surface area contributed by atoms with E-state index in [1.807, 2.05) is 0 Å². The van der Waals surface area contributed by atoms with E-state index in [0.29, 0.717) is 22.3 Å². The van der Waals surface area contributed by atoms with Crippen LogP contribution in [-0.2, 0) is 14.3 Å². The fourth-order valence-electron chi connectivity index (χ4n) is 2.15. The van der Waals surface area contributed by atoms with E-state index in [4.69, 9.17) is 4.74 Å². The number of nitrogens with zero attached hydrogens (tertiary/aromatic N) is 2. The smallest absolute Gasteiger partial charge is 0.325 e. The van der Waals surface area contributed by atoms with Gasteiger partial charge in [0.25, 0.3) is 11.8 Å². The Hall–Kier alpha value is -2.85. The van der Waals surface area contributed by atoms with Crippen molar-refractivity contribution in [2.45, 2.75) is 0 Å². The van der Waals surface area contributed by atoms with Crippen molar-refractivity contribution < 1.29 is 19.1 Å². The molecule has 2 aromatic carbocycles. The number of hydrogen-bond acceptors (Lipinski definition) is 7. The summed E-state index contributed by atoms with van der Waals surface area (Å²) in [5.41, 5.74) is 2.15. The van der Waals surface area contributed by atoms with Crippen molar-refractivity contribution in [2.24, 2.45) is 0 Å². The average Bonchev–Trinajstić information content (AvgIpc) is 3.15. The van der Waals surface area contributed by atoms with Crippen molar-refractivity contribution in [2.75, 3.05) is 18.5 Å². The predicted molar refractivity (Wildman–Crippen MR) is 103 cm³/mol. The van der Waals surface area contributed by atoms with Gasteiger partial charge < -0.3 is 15.4 Å². The quantitative estimate of drug-likeness (QED) is 0.560. The molecular formula is C17H13BrN4O4S. The fraction of sp³-hybridized carbons (Fsp3) is 0.118. The molecule has 8 nitrogen and oxygen atoms in total. The molecule has 0 atom stereocenters. The first-order valence-electron chi connectivity index (χ1n) is 7.73. The molecule has 1 heterocycles. The number of hydrogen-bond donors (Lipinski definition) is 2. The Kier molecular flexibility index (Phi) is 6.09. The molecular weight excluding hydrogens is 436 g/mol. The zero-order valence-corrected chi connectivity index (χ0v) is 16.2. The van der Waals surface area contributed by atoms with Gasteiger partial charge in [-0.05, 0) is 36.4 Å². The Labute approximate surface area is 166 Å². The summed E-state index contributed by atoms with van der Waals surface area (Å²) in [5, 5.41) is 5.05. The minimum atomic E-state index is -0.718. The third-order valence-electron chi connectivity index (χ3n) is 3.42. The second-order valence-corrected chi connectivity index (χ2v) is 6.78. The molecule has 3 rings (SSSR count). The number of benzene rings is 2. The number of esters is 1. The van der Waals surface area contributed by atoms with Gasteiger partial charge >= 0.3 is 5.97 Å². The van der Waals surface area contributed by atoms with Crippen LogP contribution < -0.4 is 10.6 Å². The SMILES string of the molecule is O=C(COC(=O)CNC(=O)c1ccc(Br)cc1)Nc1cccc2nsnc12. The number of carbonyl (C=O) groups is 3. The Bertz CT molecular complexity index is 990. The van der Waals surface area contributed by atoms with Crippen LogP contribution in [0.2, 0.25) is 0 Å². The molecule has 0 spiro atoms. The summed E-state index contributed by atoms with van der Waals surface area (Å²) in [6, 6.07) is 11.9. The van der Waals surface area contributed by atoms with E-state index in [1.165, 1.54) is 0 Å². The highest BCUT2D eigenvalue weighted by atomic mass is 79.9. The lowest BCUT2D eigenvalue weighted by atomic mass is 10.2. The van der Waals surface area contributed by atoms with E-state index in [1.54, 1.807) is 42.5 Å². The maximum absolute atomic E-state index is 11.9. The summed E-state index contributed by atoms with van der Waals surface area (Å²) in [7, 11) is 0. The fourth-order valence-corrected chi connectivity index (χ4v) is 2.96. The monoisotopic (exact) mass is 448 g/mol. The molecule has 2 N–H and O–H groups in total. The number of ether oxygens (including phenoxy) is 1. The number of nitrogens with one attached hydrogen (secondary N) is 2. The van der Waals surface area contributed by atoms with E-state index in [9.17, 15) is 14.4 Å². The van der Waals surface area contributed by atoms with E-state index in [-0.39, 0.29) is 6.54 Å². The lowest BCUT2D eigenvalue weighted by Crippen LogP contribution is -2.32. The second-order valence-electron chi connectivity index (χ2n) is 5.34. The number of carbonyl (C=O) groups excluding carboxylic acids is 3. The summed E-state index contributed by atoms with van der Waals surface area (Å²) in [4.78, 5) is 35.6. The van der Waals surface area contributed by atoms with E-state index >= 15 is 0 Å². The largest absolute Gasteiger partial charge is 0.454 e. The van der Waals surface area contributed by atoms with Gasteiger partial charge in [0.1, 0.15) is 17.6 Å². The van der Waals surface area contributed by atoms with Gasteiger partial charge in [-0.25, -0.2) is 0 Å². The number of fused-ring (bicyclic) bond motifs is 1. The highest BCUT2D eigenvalue weighted by molar-refractivity contribution is 9.10. The Balaban J connectivity index is 1.44. The van der Waals surface area contributed by atoms with Crippen molar-refractivity contribution in [3.63, 3.8) is 0 Å². The van der Waals surface area contributed by atoms with Crippen molar-refractivity contribution in [1.82, 2.24) is 14.1 Å². The van der Waals surface area contributed by atoms with Crippen LogP contribution >= 0.6 is 27.7 Å². The second kappa shape index (κ2) is 8.69. The first-order chi connectivity index (χ1) is 13.0. The zero-order chi connectivity index (χ0) is 19.2. The summed E-state index contributed by atoms with van der Waals surface area (Å²) < 4.78 is 13.9. The van der Waals surface area contributed by atoms with E-state index in [2.05, 4.69) is 35.3 Å². The summed E-state index contributed by atoms with van der Waals surface area (Å²) in [5.74, 6) is -1.64. The van der Waals surface area contributed by atoms with Gasteiger partial charge in [-0.3, -0.25) is 14.4 Å². The van der Waals surface area contributed by atoms with Crippen molar-refractivity contribution in [1.29, 1.82) is 0 Å². The molecule has 0 saturated heterocycles. The number of halogens is 1. The molecule has 0 fully saturated rings. The topological polar surface area (TPSA) is 110 Å². The lowest BCUT2D eigenvalue weighted by Gasteiger charge is -2.08. The van der Waals surface area contributed by atoms with Gasteiger partial charge in [0.15, 0.2) is 6.61 Å².